The molecule has 0 bridgehead atoms. The van der Waals surface area contributed by atoms with Crippen LogP contribution in [0.5, 0.6) is 0 Å². The maximum Gasteiger partial charge on any atom is 0.0598 e. The first-order valence-electron chi connectivity index (χ1n) is 6.03. The normalized spacial score (nSPS) is 32.3. The molecule has 0 saturated carbocycles. The highest BCUT2D eigenvalue weighted by molar-refractivity contribution is 5.16. The van der Waals surface area contributed by atoms with E-state index in [9.17, 15) is 0 Å². The molecule has 86 valence electrons. The molecule has 2 aliphatic rings. The average molecular weight is 209 g/mol. The lowest BCUT2D eigenvalue weighted by Crippen LogP contribution is -2.31. The van der Waals surface area contributed by atoms with Gasteiger partial charge in [-0.25, -0.2) is 0 Å². The van der Waals surface area contributed by atoms with Gasteiger partial charge in [-0.3, -0.25) is 4.90 Å². The van der Waals surface area contributed by atoms with E-state index in [1.54, 1.807) is 0 Å². The Kier molecular flexibility index (Phi) is 2.91. The van der Waals surface area contributed by atoms with Crippen molar-refractivity contribution in [2.45, 2.75) is 45.3 Å². The summed E-state index contributed by atoms with van der Waals surface area (Å²) in [5, 5.41) is 0. The van der Waals surface area contributed by atoms with Gasteiger partial charge < -0.3 is 4.74 Å². The van der Waals surface area contributed by atoms with Crippen LogP contribution >= 0.6 is 0 Å². The zero-order valence-corrected chi connectivity index (χ0v) is 10.3. The Bertz CT molecular complexity index is 254. The predicted molar refractivity (Wildman–Crippen MR) is 62.9 cm³/mol. The molecule has 2 nitrogen and oxygen atoms in total. The second kappa shape index (κ2) is 3.91. The van der Waals surface area contributed by atoms with Gasteiger partial charge in [0.1, 0.15) is 0 Å². The maximum absolute atomic E-state index is 5.90. The first-order chi connectivity index (χ1) is 6.97. The van der Waals surface area contributed by atoms with Crippen LogP contribution in [-0.2, 0) is 4.74 Å². The third kappa shape index (κ3) is 2.43. The molecule has 2 atom stereocenters. The van der Waals surface area contributed by atoms with Crippen molar-refractivity contribution in [2.75, 3.05) is 19.7 Å². The van der Waals surface area contributed by atoms with Gasteiger partial charge in [-0.05, 0) is 40.2 Å². The lowest BCUT2D eigenvalue weighted by Gasteiger charge is -2.25. The second-order valence-electron chi connectivity index (χ2n) is 5.87. The molecule has 0 aromatic heterocycles. The number of ether oxygens (including phenoxy) is 1. The van der Waals surface area contributed by atoms with Crippen LogP contribution in [0.1, 0.15) is 33.6 Å². The molecule has 2 heterocycles. The summed E-state index contributed by atoms with van der Waals surface area (Å²) in [4.78, 5) is 2.57. The molecule has 2 aliphatic heterocycles. The molecule has 2 unspecified atom stereocenters. The van der Waals surface area contributed by atoms with E-state index in [0.717, 1.165) is 19.2 Å². The van der Waals surface area contributed by atoms with Crippen molar-refractivity contribution in [3.63, 3.8) is 0 Å². The minimum Gasteiger partial charge on any atom is -0.375 e. The number of rotatable bonds is 2. The fraction of sp³-hybridized carbons (Fsp3) is 0.846. The Labute approximate surface area is 93.3 Å². The molecule has 0 N–H and O–H groups in total. The van der Waals surface area contributed by atoms with Crippen molar-refractivity contribution in [1.82, 2.24) is 4.90 Å². The SMILES string of the molecule is C=C1CN2CCCC2C1COC(C)(C)C. The minimum atomic E-state index is -0.0215. The zero-order chi connectivity index (χ0) is 11.1. The molecule has 15 heavy (non-hydrogen) atoms. The maximum atomic E-state index is 5.90. The molecule has 0 aliphatic carbocycles. The summed E-state index contributed by atoms with van der Waals surface area (Å²) in [6, 6.07) is 0.722. The van der Waals surface area contributed by atoms with E-state index in [1.165, 1.54) is 25.0 Å². The smallest absolute Gasteiger partial charge is 0.0598 e. The second-order valence-corrected chi connectivity index (χ2v) is 5.87. The van der Waals surface area contributed by atoms with E-state index >= 15 is 0 Å². The van der Waals surface area contributed by atoms with Gasteiger partial charge in [0.25, 0.3) is 0 Å². The molecular formula is C13H23NO. The molecule has 0 aromatic rings. The van der Waals surface area contributed by atoms with Gasteiger partial charge in [0.05, 0.1) is 12.2 Å². The third-order valence-corrected chi connectivity index (χ3v) is 3.51. The molecular weight excluding hydrogens is 186 g/mol. The number of fused-ring (bicyclic) bond motifs is 1. The van der Waals surface area contributed by atoms with E-state index in [2.05, 4.69) is 32.3 Å². The fourth-order valence-electron chi connectivity index (χ4n) is 2.72. The zero-order valence-electron chi connectivity index (χ0n) is 10.3. The summed E-state index contributed by atoms with van der Waals surface area (Å²) in [5.41, 5.74) is 1.36. The third-order valence-electron chi connectivity index (χ3n) is 3.51. The number of hydrogen-bond acceptors (Lipinski definition) is 2. The molecule has 2 heteroatoms. The summed E-state index contributed by atoms with van der Waals surface area (Å²) >= 11 is 0. The van der Waals surface area contributed by atoms with Gasteiger partial charge in [-0.1, -0.05) is 12.2 Å². The Morgan fingerprint density at radius 3 is 2.87 bits per heavy atom. The summed E-state index contributed by atoms with van der Waals surface area (Å²) < 4.78 is 5.90. The molecule has 2 fully saturated rings. The van der Waals surface area contributed by atoms with Gasteiger partial charge in [0.15, 0.2) is 0 Å². The van der Waals surface area contributed by atoms with Gasteiger partial charge in [-0.15, -0.1) is 0 Å². The van der Waals surface area contributed by atoms with Crippen LogP contribution in [0, 0.1) is 5.92 Å². The molecule has 0 spiro atoms. The average Bonchev–Trinajstić information content (AvgIpc) is 2.60. The summed E-state index contributed by atoms with van der Waals surface area (Å²) in [6.07, 6.45) is 2.68. The van der Waals surface area contributed by atoms with Crippen LogP contribution in [0.15, 0.2) is 12.2 Å². The highest BCUT2D eigenvalue weighted by Gasteiger charge is 2.39. The molecule has 2 rings (SSSR count). The minimum absolute atomic E-state index is 0.0215. The quantitative estimate of drug-likeness (QED) is 0.648. The highest BCUT2D eigenvalue weighted by atomic mass is 16.5. The van der Waals surface area contributed by atoms with Crippen LogP contribution in [0.4, 0.5) is 0 Å². The van der Waals surface area contributed by atoms with Crippen LogP contribution in [0.25, 0.3) is 0 Å². The van der Waals surface area contributed by atoms with Gasteiger partial charge in [0.2, 0.25) is 0 Å². The Morgan fingerprint density at radius 1 is 1.47 bits per heavy atom. The van der Waals surface area contributed by atoms with Gasteiger partial charge in [0, 0.05) is 18.5 Å². The topological polar surface area (TPSA) is 12.5 Å². The van der Waals surface area contributed by atoms with Crippen molar-refractivity contribution < 1.29 is 4.74 Å². The van der Waals surface area contributed by atoms with Crippen LogP contribution in [0.2, 0.25) is 0 Å². The molecule has 2 saturated heterocycles. The van der Waals surface area contributed by atoms with Gasteiger partial charge in [-0.2, -0.15) is 0 Å². The van der Waals surface area contributed by atoms with Crippen molar-refractivity contribution >= 4 is 0 Å². The van der Waals surface area contributed by atoms with Crippen LogP contribution in [0.3, 0.4) is 0 Å². The number of hydrogen-bond donors (Lipinski definition) is 0. The summed E-state index contributed by atoms with van der Waals surface area (Å²) in [6.45, 7) is 13.8. The van der Waals surface area contributed by atoms with Crippen molar-refractivity contribution in [2.24, 2.45) is 5.92 Å². The highest BCUT2D eigenvalue weighted by Crippen LogP contribution is 2.36. The van der Waals surface area contributed by atoms with Crippen molar-refractivity contribution in [3.05, 3.63) is 12.2 Å². The van der Waals surface area contributed by atoms with E-state index in [1.807, 2.05) is 0 Å². The number of nitrogens with zero attached hydrogens (tertiary/aromatic N) is 1. The summed E-state index contributed by atoms with van der Waals surface area (Å²) in [7, 11) is 0. The first kappa shape index (κ1) is 11.2. The van der Waals surface area contributed by atoms with E-state index in [-0.39, 0.29) is 5.60 Å². The molecule has 0 radical (unpaired) electrons. The standard InChI is InChI=1S/C13H23NO/c1-10-8-14-7-5-6-12(14)11(10)9-15-13(2,3)4/h11-12H,1,5-9H2,2-4H3. The van der Waals surface area contributed by atoms with Gasteiger partial charge >= 0.3 is 0 Å². The predicted octanol–water partition coefficient (Wildman–Crippen LogP) is 2.45. The molecule has 0 aromatic carbocycles. The Hall–Kier alpha value is -0.340. The lowest BCUT2D eigenvalue weighted by molar-refractivity contribution is -0.0212. The monoisotopic (exact) mass is 209 g/mol. The molecule has 0 amide bonds. The van der Waals surface area contributed by atoms with E-state index in [0.29, 0.717) is 5.92 Å². The Balaban J connectivity index is 1.93. The first-order valence-corrected chi connectivity index (χ1v) is 6.03. The van der Waals surface area contributed by atoms with Crippen molar-refractivity contribution in [1.29, 1.82) is 0 Å². The van der Waals surface area contributed by atoms with Crippen molar-refractivity contribution in [3.8, 4) is 0 Å². The fourth-order valence-corrected chi connectivity index (χ4v) is 2.72. The lowest BCUT2D eigenvalue weighted by atomic mass is 9.95. The van der Waals surface area contributed by atoms with Crippen LogP contribution < -0.4 is 0 Å². The Morgan fingerprint density at radius 2 is 2.20 bits per heavy atom. The summed E-state index contributed by atoms with van der Waals surface area (Å²) in [5.74, 6) is 0.576. The van der Waals surface area contributed by atoms with E-state index < -0.39 is 0 Å². The largest absolute Gasteiger partial charge is 0.375 e. The van der Waals surface area contributed by atoms with E-state index in [4.69, 9.17) is 4.74 Å². The van der Waals surface area contributed by atoms with Crippen LogP contribution in [-0.4, -0.2) is 36.2 Å².